The lowest BCUT2D eigenvalue weighted by Crippen LogP contribution is -2.52. The van der Waals surface area contributed by atoms with Crippen LogP contribution in [-0.2, 0) is 14.3 Å². The summed E-state index contributed by atoms with van der Waals surface area (Å²) in [5.41, 5.74) is 6.00. The van der Waals surface area contributed by atoms with Gasteiger partial charge < -0.3 is 20.1 Å². The minimum absolute atomic E-state index is 0.184. The number of hydrogen-bond donors (Lipinski definition) is 1. The fourth-order valence-electron chi connectivity index (χ4n) is 3.57. The average Bonchev–Trinajstić information content (AvgIpc) is 3.09. The van der Waals surface area contributed by atoms with Crippen LogP contribution in [0.2, 0.25) is 0 Å². The SMILES string of the molecule is NC1(CC(=O)N(CC2CCCO2)CC2CCCO2)CCC1. The van der Waals surface area contributed by atoms with Gasteiger partial charge in [-0.15, -0.1) is 0 Å². The third kappa shape index (κ3) is 3.96. The molecule has 0 radical (unpaired) electrons. The Hall–Kier alpha value is -0.650. The molecule has 2 atom stereocenters. The van der Waals surface area contributed by atoms with Crippen LogP contribution >= 0.6 is 0 Å². The van der Waals surface area contributed by atoms with Gasteiger partial charge in [0.1, 0.15) is 0 Å². The summed E-state index contributed by atoms with van der Waals surface area (Å²) in [5.74, 6) is 0.184. The van der Waals surface area contributed by atoms with E-state index < -0.39 is 0 Å². The highest BCUT2D eigenvalue weighted by Crippen LogP contribution is 2.33. The summed E-state index contributed by atoms with van der Waals surface area (Å²) >= 11 is 0. The molecule has 0 aromatic heterocycles. The Morgan fingerprint density at radius 3 is 2.00 bits per heavy atom. The van der Waals surface area contributed by atoms with E-state index in [4.69, 9.17) is 15.2 Å². The number of carbonyl (C=O) groups is 1. The minimum Gasteiger partial charge on any atom is -0.376 e. The summed E-state index contributed by atoms with van der Waals surface area (Å²) in [6, 6.07) is 0. The van der Waals surface area contributed by atoms with Crippen molar-refractivity contribution in [3.63, 3.8) is 0 Å². The third-order valence-electron chi connectivity index (χ3n) is 5.10. The fourth-order valence-corrected chi connectivity index (χ4v) is 3.57. The molecule has 0 aromatic carbocycles. The second-order valence-electron chi connectivity index (χ2n) is 6.96. The van der Waals surface area contributed by atoms with Crippen LogP contribution in [0.1, 0.15) is 51.4 Å². The predicted molar refractivity (Wildman–Crippen MR) is 79.9 cm³/mol. The van der Waals surface area contributed by atoms with Gasteiger partial charge in [-0.25, -0.2) is 0 Å². The zero-order chi connectivity index (χ0) is 14.7. The van der Waals surface area contributed by atoms with Gasteiger partial charge in [0.2, 0.25) is 5.91 Å². The minimum atomic E-state index is -0.248. The number of ether oxygens (including phenoxy) is 2. The van der Waals surface area contributed by atoms with Crippen LogP contribution in [-0.4, -0.2) is 54.9 Å². The first-order valence-corrected chi connectivity index (χ1v) is 8.44. The third-order valence-corrected chi connectivity index (χ3v) is 5.10. The summed E-state index contributed by atoms with van der Waals surface area (Å²) in [4.78, 5) is 14.6. The smallest absolute Gasteiger partial charge is 0.224 e. The molecular formula is C16H28N2O3. The van der Waals surface area contributed by atoms with Crippen LogP contribution in [0.5, 0.6) is 0 Å². The van der Waals surface area contributed by atoms with Crippen LogP contribution in [0.25, 0.3) is 0 Å². The molecular weight excluding hydrogens is 268 g/mol. The predicted octanol–water partition coefficient (Wildman–Crippen LogP) is 1.44. The van der Waals surface area contributed by atoms with Gasteiger partial charge >= 0.3 is 0 Å². The first kappa shape index (κ1) is 15.3. The Labute approximate surface area is 127 Å². The largest absolute Gasteiger partial charge is 0.376 e. The molecule has 0 spiro atoms. The van der Waals surface area contributed by atoms with Crippen molar-refractivity contribution >= 4 is 5.91 Å². The molecule has 2 N–H and O–H groups in total. The average molecular weight is 296 g/mol. The molecule has 120 valence electrons. The molecule has 1 amide bonds. The zero-order valence-electron chi connectivity index (χ0n) is 12.9. The summed E-state index contributed by atoms with van der Waals surface area (Å²) in [6.07, 6.45) is 8.32. The number of nitrogens with zero attached hydrogens (tertiary/aromatic N) is 1. The Morgan fingerprint density at radius 2 is 1.62 bits per heavy atom. The van der Waals surface area contributed by atoms with Gasteiger partial charge in [0.05, 0.1) is 12.2 Å². The summed E-state index contributed by atoms with van der Waals surface area (Å²) < 4.78 is 11.4. The molecule has 21 heavy (non-hydrogen) atoms. The van der Waals surface area contributed by atoms with E-state index in [2.05, 4.69) is 0 Å². The summed E-state index contributed by atoms with van der Waals surface area (Å²) in [6.45, 7) is 3.06. The van der Waals surface area contributed by atoms with Gasteiger partial charge in [0.15, 0.2) is 0 Å². The van der Waals surface area contributed by atoms with Gasteiger partial charge in [-0.2, -0.15) is 0 Å². The number of nitrogens with two attached hydrogens (primary N) is 1. The van der Waals surface area contributed by atoms with Crippen molar-refractivity contribution in [2.45, 2.75) is 69.1 Å². The maximum atomic E-state index is 12.7. The van der Waals surface area contributed by atoms with Gasteiger partial charge in [-0.05, 0) is 44.9 Å². The van der Waals surface area contributed by atoms with E-state index in [1.165, 1.54) is 0 Å². The van der Waals surface area contributed by atoms with E-state index in [1.807, 2.05) is 4.90 Å². The molecule has 0 bridgehead atoms. The Bertz CT molecular complexity index is 341. The highest BCUT2D eigenvalue weighted by atomic mass is 16.5. The van der Waals surface area contributed by atoms with Crippen LogP contribution in [0, 0.1) is 0 Å². The van der Waals surface area contributed by atoms with Crippen LogP contribution in [0.15, 0.2) is 0 Å². The maximum absolute atomic E-state index is 12.7. The monoisotopic (exact) mass is 296 g/mol. The second kappa shape index (κ2) is 6.63. The van der Waals surface area contributed by atoms with Crippen molar-refractivity contribution in [1.29, 1.82) is 0 Å². The van der Waals surface area contributed by atoms with E-state index in [0.29, 0.717) is 19.5 Å². The van der Waals surface area contributed by atoms with Crippen LogP contribution in [0.4, 0.5) is 0 Å². The van der Waals surface area contributed by atoms with Crippen molar-refractivity contribution < 1.29 is 14.3 Å². The highest BCUT2D eigenvalue weighted by molar-refractivity contribution is 5.77. The van der Waals surface area contributed by atoms with E-state index in [0.717, 1.165) is 58.2 Å². The van der Waals surface area contributed by atoms with Gasteiger partial charge in [-0.3, -0.25) is 4.79 Å². The first-order chi connectivity index (χ1) is 10.1. The summed E-state index contributed by atoms with van der Waals surface area (Å²) in [7, 11) is 0. The van der Waals surface area contributed by atoms with E-state index in [1.54, 1.807) is 0 Å². The topological polar surface area (TPSA) is 64.8 Å². The lowest BCUT2D eigenvalue weighted by Gasteiger charge is -2.39. The molecule has 2 heterocycles. The maximum Gasteiger partial charge on any atom is 0.224 e. The van der Waals surface area contributed by atoms with Crippen molar-refractivity contribution in [2.75, 3.05) is 26.3 Å². The Kier molecular flexibility index (Phi) is 4.82. The van der Waals surface area contributed by atoms with Crippen LogP contribution < -0.4 is 5.73 Å². The number of hydrogen-bond acceptors (Lipinski definition) is 4. The normalized spacial score (nSPS) is 31.1. The molecule has 5 nitrogen and oxygen atoms in total. The van der Waals surface area contributed by atoms with Crippen molar-refractivity contribution in [1.82, 2.24) is 4.90 Å². The lowest BCUT2D eigenvalue weighted by molar-refractivity contribution is -0.136. The Balaban J connectivity index is 1.57. The molecule has 2 aliphatic heterocycles. The van der Waals surface area contributed by atoms with E-state index in [9.17, 15) is 4.79 Å². The van der Waals surface area contributed by atoms with Gasteiger partial charge in [0, 0.05) is 38.3 Å². The molecule has 2 saturated heterocycles. The van der Waals surface area contributed by atoms with Crippen molar-refractivity contribution in [3.05, 3.63) is 0 Å². The number of carbonyl (C=O) groups excluding carboxylic acids is 1. The van der Waals surface area contributed by atoms with Gasteiger partial charge in [-0.1, -0.05) is 0 Å². The van der Waals surface area contributed by atoms with Crippen molar-refractivity contribution in [2.24, 2.45) is 5.73 Å². The molecule has 3 fully saturated rings. The number of rotatable bonds is 6. The molecule has 3 rings (SSSR count). The highest BCUT2D eigenvalue weighted by Gasteiger charge is 2.37. The summed E-state index contributed by atoms with van der Waals surface area (Å²) in [5, 5.41) is 0. The fraction of sp³-hybridized carbons (Fsp3) is 0.938. The molecule has 1 saturated carbocycles. The van der Waals surface area contributed by atoms with Crippen LogP contribution in [0.3, 0.4) is 0 Å². The molecule has 5 heteroatoms. The number of amides is 1. The molecule has 0 aromatic rings. The van der Waals surface area contributed by atoms with E-state index in [-0.39, 0.29) is 23.7 Å². The van der Waals surface area contributed by atoms with Crippen molar-refractivity contribution in [3.8, 4) is 0 Å². The Morgan fingerprint density at radius 1 is 1.05 bits per heavy atom. The van der Waals surface area contributed by atoms with Gasteiger partial charge in [0.25, 0.3) is 0 Å². The molecule has 3 aliphatic rings. The lowest BCUT2D eigenvalue weighted by atomic mass is 9.75. The second-order valence-corrected chi connectivity index (χ2v) is 6.96. The van der Waals surface area contributed by atoms with E-state index >= 15 is 0 Å². The zero-order valence-corrected chi connectivity index (χ0v) is 12.9. The molecule has 2 unspecified atom stereocenters. The first-order valence-electron chi connectivity index (χ1n) is 8.44. The quantitative estimate of drug-likeness (QED) is 0.805. The standard InChI is InChI=1S/C16H28N2O3/c17-16(6-3-7-16)10-15(19)18(11-13-4-1-8-20-13)12-14-5-2-9-21-14/h13-14H,1-12,17H2. The molecule has 1 aliphatic carbocycles.